The number of hydrogen-bond acceptors (Lipinski definition) is 7. The van der Waals surface area contributed by atoms with Crippen LogP contribution in [0, 0.1) is 0 Å². The van der Waals surface area contributed by atoms with Crippen LogP contribution in [0.1, 0.15) is 27.8 Å². The third-order valence-electron chi connectivity index (χ3n) is 5.83. The molecule has 1 aromatic carbocycles. The van der Waals surface area contributed by atoms with Gasteiger partial charge in [0.2, 0.25) is 0 Å². The third kappa shape index (κ3) is 3.84. The van der Waals surface area contributed by atoms with Gasteiger partial charge in [-0.1, -0.05) is 23.4 Å². The molecule has 0 aliphatic carbocycles. The van der Waals surface area contributed by atoms with Crippen molar-refractivity contribution in [2.75, 3.05) is 38.2 Å². The predicted molar refractivity (Wildman–Crippen MR) is 113 cm³/mol. The van der Waals surface area contributed by atoms with Crippen molar-refractivity contribution < 1.29 is 14.3 Å². The maximum Gasteiger partial charge on any atom is 0.276 e. The fraction of sp³-hybridized carbons (Fsp3) is 0.364. The molecule has 31 heavy (non-hydrogen) atoms. The molecule has 2 aliphatic rings. The molecule has 1 amide bonds. The highest BCUT2D eigenvalue weighted by Gasteiger charge is 2.31. The highest BCUT2D eigenvalue weighted by Crippen LogP contribution is 2.28. The summed E-state index contributed by atoms with van der Waals surface area (Å²) in [5.41, 5.74) is 2.17. The van der Waals surface area contributed by atoms with Gasteiger partial charge in [-0.05, 0) is 29.8 Å². The molecule has 1 atom stereocenters. The van der Waals surface area contributed by atoms with E-state index in [0.717, 1.165) is 35.9 Å². The second-order valence-electron chi connectivity index (χ2n) is 7.61. The van der Waals surface area contributed by atoms with Crippen LogP contribution in [0.2, 0.25) is 0 Å². The van der Waals surface area contributed by atoms with Crippen molar-refractivity contribution in [3.8, 4) is 5.75 Å². The molecule has 4 heterocycles. The van der Waals surface area contributed by atoms with Gasteiger partial charge in [0.05, 0.1) is 26.0 Å². The molecule has 0 bridgehead atoms. The van der Waals surface area contributed by atoms with Gasteiger partial charge in [-0.3, -0.25) is 4.79 Å². The van der Waals surface area contributed by atoms with Gasteiger partial charge in [-0.2, -0.15) is 0 Å². The minimum absolute atomic E-state index is 0.0894. The number of hydrogen-bond donors (Lipinski definition) is 0. The average Bonchev–Trinajstić information content (AvgIpc) is 3.27. The van der Waals surface area contributed by atoms with Gasteiger partial charge < -0.3 is 19.3 Å². The molecule has 1 unspecified atom stereocenters. The van der Waals surface area contributed by atoms with Crippen LogP contribution in [0.15, 0.2) is 48.7 Å². The Balaban J connectivity index is 1.25. The van der Waals surface area contributed by atoms with E-state index in [1.165, 1.54) is 0 Å². The average molecular weight is 420 g/mol. The van der Waals surface area contributed by atoms with Crippen LogP contribution in [0.4, 0.5) is 5.82 Å². The van der Waals surface area contributed by atoms with Crippen LogP contribution >= 0.6 is 0 Å². The molecular formula is C22H24N6O3. The summed E-state index contributed by atoms with van der Waals surface area (Å²) in [7, 11) is 1.64. The standard InChI is InChI=1S/C22H24N6O3/c1-30-17-7-5-16(6-8-17)19-14-28-18(15-31-19)21(24-25-28)22(29)27-12-10-26(11-13-27)20-4-2-3-9-23-20/h2-9,19H,10-15H2,1H3. The molecule has 3 aromatic rings. The van der Waals surface area contributed by atoms with Crippen LogP contribution in [-0.4, -0.2) is 64.1 Å². The van der Waals surface area contributed by atoms with Crippen molar-refractivity contribution in [2.24, 2.45) is 0 Å². The van der Waals surface area contributed by atoms with Crippen molar-refractivity contribution in [2.45, 2.75) is 19.3 Å². The topological polar surface area (TPSA) is 85.6 Å². The number of amides is 1. The lowest BCUT2D eigenvalue weighted by Crippen LogP contribution is -2.49. The Morgan fingerprint density at radius 1 is 1.10 bits per heavy atom. The third-order valence-corrected chi connectivity index (χ3v) is 5.83. The maximum atomic E-state index is 13.1. The lowest BCUT2D eigenvalue weighted by atomic mass is 10.1. The minimum Gasteiger partial charge on any atom is -0.497 e. The highest BCUT2D eigenvalue weighted by molar-refractivity contribution is 5.93. The van der Waals surface area contributed by atoms with Gasteiger partial charge in [0.15, 0.2) is 5.69 Å². The van der Waals surface area contributed by atoms with Gasteiger partial charge in [-0.25, -0.2) is 9.67 Å². The molecule has 1 fully saturated rings. The zero-order chi connectivity index (χ0) is 21.2. The van der Waals surface area contributed by atoms with E-state index in [1.54, 1.807) is 18.0 Å². The van der Waals surface area contributed by atoms with E-state index in [1.807, 2.05) is 47.4 Å². The number of benzene rings is 1. The normalized spacial score (nSPS) is 18.5. The van der Waals surface area contributed by atoms with Crippen molar-refractivity contribution in [1.29, 1.82) is 0 Å². The number of pyridine rings is 1. The largest absolute Gasteiger partial charge is 0.497 e. The van der Waals surface area contributed by atoms with Crippen LogP contribution < -0.4 is 9.64 Å². The smallest absolute Gasteiger partial charge is 0.276 e. The molecule has 9 heteroatoms. The Morgan fingerprint density at radius 3 is 2.61 bits per heavy atom. The fourth-order valence-electron chi connectivity index (χ4n) is 4.03. The number of nitrogens with zero attached hydrogens (tertiary/aromatic N) is 6. The van der Waals surface area contributed by atoms with Gasteiger partial charge in [0.1, 0.15) is 17.7 Å². The monoisotopic (exact) mass is 420 g/mol. The number of rotatable bonds is 4. The first kappa shape index (κ1) is 19.5. The predicted octanol–water partition coefficient (Wildman–Crippen LogP) is 1.92. The van der Waals surface area contributed by atoms with Crippen LogP contribution in [-0.2, 0) is 17.9 Å². The first-order valence-corrected chi connectivity index (χ1v) is 10.4. The Labute approximate surface area is 180 Å². The van der Waals surface area contributed by atoms with Crippen molar-refractivity contribution >= 4 is 11.7 Å². The molecule has 0 spiro atoms. The molecule has 9 nitrogen and oxygen atoms in total. The fourth-order valence-corrected chi connectivity index (χ4v) is 4.03. The maximum absolute atomic E-state index is 13.1. The number of aromatic nitrogens is 4. The zero-order valence-electron chi connectivity index (χ0n) is 17.3. The van der Waals surface area contributed by atoms with Crippen molar-refractivity contribution in [3.05, 3.63) is 65.6 Å². The van der Waals surface area contributed by atoms with E-state index < -0.39 is 0 Å². The number of carbonyl (C=O) groups is 1. The summed E-state index contributed by atoms with van der Waals surface area (Å²) >= 11 is 0. The number of methoxy groups -OCH3 is 1. The van der Waals surface area contributed by atoms with Gasteiger partial charge in [0, 0.05) is 32.4 Å². The van der Waals surface area contributed by atoms with E-state index in [4.69, 9.17) is 9.47 Å². The summed E-state index contributed by atoms with van der Waals surface area (Å²) in [4.78, 5) is 21.5. The molecule has 160 valence electrons. The lowest BCUT2D eigenvalue weighted by molar-refractivity contribution is -0.00198. The van der Waals surface area contributed by atoms with Crippen LogP contribution in [0.5, 0.6) is 5.75 Å². The molecule has 0 N–H and O–H groups in total. The van der Waals surface area contributed by atoms with Crippen molar-refractivity contribution in [3.63, 3.8) is 0 Å². The van der Waals surface area contributed by atoms with E-state index in [9.17, 15) is 4.79 Å². The molecule has 2 aromatic heterocycles. The second kappa shape index (κ2) is 8.35. The SMILES string of the molecule is COc1ccc(C2Cn3nnc(C(=O)N4CCN(c5ccccn5)CC4)c3CO2)cc1. The summed E-state index contributed by atoms with van der Waals surface area (Å²) in [5.74, 6) is 1.65. The van der Waals surface area contributed by atoms with Gasteiger partial charge in [0.25, 0.3) is 5.91 Å². The Hall–Kier alpha value is -3.46. The van der Waals surface area contributed by atoms with Crippen LogP contribution in [0.3, 0.4) is 0 Å². The summed E-state index contributed by atoms with van der Waals surface area (Å²) in [6, 6.07) is 13.7. The van der Waals surface area contributed by atoms with E-state index in [-0.39, 0.29) is 12.0 Å². The Kier molecular flexibility index (Phi) is 5.25. The number of ether oxygens (including phenoxy) is 2. The summed E-state index contributed by atoms with van der Waals surface area (Å²) in [5, 5.41) is 8.44. The van der Waals surface area contributed by atoms with Gasteiger partial charge in [-0.15, -0.1) is 5.10 Å². The lowest BCUT2D eigenvalue weighted by Gasteiger charge is -2.35. The second-order valence-corrected chi connectivity index (χ2v) is 7.61. The van der Waals surface area contributed by atoms with Crippen LogP contribution in [0.25, 0.3) is 0 Å². The number of anilines is 1. The summed E-state index contributed by atoms with van der Waals surface area (Å²) in [6.07, 6.45) is 1.65. The van der Waals surface area contributed by atoms with Gasteiger partial charge >= 0.3 is 0 Å². The first-order valence-electron chi connectivity index (χ1n) is 10.4. The first-order chi connectivity index (χ1) is 15.2. The number of piperazine rings is 1. The number of carbonyl (C=O) groups excluding carboxylic acids is 1. The molecule has 0 saturated carbocycles. The zero-order valence-corrected chi connectivity index (χ0v) is 17.3. The quantitative estimate of drug-likeness (QED) is 0.637. The summed E-state index contributed by atoms with van der Waals surface area (Å²) < 4.78 is 13.0. The molecule has 5 rings (SSSR count). The van der Waals surface area contributed by atoms with E-state index in [0.29, 0.717) is 31.9 Å². The molecule has 2 aliphatic heterocycles. The molecule has 1 saturated heterocycles. The minimum atomic E-state index is -0.134. The van der Waals surface area contributed by atoms with E-state index >= 15 is 0 Å². The van der Waals surface area contributed by atoms with E-state index in [2.05, 4.69) is 20.2 Å². The Morgan fingerprint density at radius 2 is 1.90 bits per heavy atom. The molecule has 0 radical (unpaired) electrons. The molecular weight excluding hydrogens is 396 g/mol. The Bertz CT molecular complexity index is 1040. The summed E-state index contributed by atoms with van der Waals surface area (Å²) in [6.45, 7) is 3.55. The number of fused-ring (bicyclic) bond motifs is 1. The highest BCUT2D eigenvalue weighted by atomic mass is 16.5. The van der Waals surface area contributed by atoms with Crippen molar-refractivity contribution in [1.82, 2.24) is 24.9 Å².